The highest BCUT2D eigenvalue weighted by molar-refractivity contribution is 6.09. The number of alkyl halides is 3. The third-order valence-corrected chi connectivity index (χ3v) is 4.97. The molecule has 4 rings (SSSR count). The predicted molar refractivity (Wildman–Crippen MR) is 111 cm³/mol. The van der Waals surface area contributed by atoms with Gasteiger partial charge in [-0.05, 0) is 18.2 Å². The van der Waals surface area contributed by atoms with Gasteiger partial charge in [-0.1, -0.05) is 18.2 Å². The first-order chi connectivity index (χ1) is 15.2. The lowest BCUT2D eigenvalue weighted by Crippen LogP contribution is -2.38. The van der Waals surface area contributed by atoms with Gasteiger partial charge in [-0.15, -0.1) is 0 Å². The third-order valence-electron chi connectivity index (χ3n) is 4.97. The number of aromatic amines is 1. The standard InChI is InChI=1S/C22H19F3N4O3/c1-13(30)29-10-16-19(17(31)11-29)21(27-14-5-3-2-4-6-14)20(28-16)15-7-8-26-9-18(15)32-12-22(23,24)25/h2-9,27-28H,10-12H2,1H3. The zero-order chi connectivity index (χ0) is 22.9. The molecule has 0 saturated carbocycles. The molecule has 0 atom stereocenters. The Bertz CT molecular complexity index is 1160. The lowest BCUT2D eigenvalue weighted by atomic mass is 10.0. The number of nitrogens with one attached hydrogen (secondary N) is 2. The van der Waals surface area contributed by atoms with E-state index in [0.29, 0.717) is 33.9 Å². The Hall–Kier alpha value is -3.82. The van der Waals surface area contributed by atoms with Crippen LogP contribution in [0.2, 0.25) is 0 Å². The maximum atomic E-state index is 13.0. The number of ketones is 1. The third kappa shape index (κ3) is 4.43. The van der Waals surface area contributed by atoms with Crippen LogP contribution >= 0.6 is 0 Å². The number of halogens is 3. The van der Waals surface area contributed by atoms with E-state index in [4.69, 9.17) is 4.74 Å². The molecule has 0 aliphatic carbocycles. The fraction of sp³-hybridized carbons (Fsp3) is 0.227. The highest BCUT2D eigenvalue weighted by Gasteiger charge is 2.33. The van der Waals surface area contributed by atoms with Gasteiger partial charge >= 0.3 is 6.18 Å². The molecular formula is C22H19F3N4O3. The number of hydrogen-bond donors (Lipinski definition) is 2. The molecule has 3 heterocycles. The summed E-state index contributed by atoms with van der Waals surface area (Å²) in [6, 6.07) is 10.6. The van der Waals surface area contributed by atoms with E-state index in [1.165, 1.54) is 30.3 Å². The highest BCUT2D eigenvalue weighted by atomic mass is 19.4. The van der Waals surface area contributed by atoms with Crippen molar-refractivity contribution in [1.82, 2.24) is 14.9 Å². The minimum absolute atomic E-state index is 0.0864. The molecule has 1 aromatic carbocycles. The van der Waals surface area contributed by atoms with Gasteiger partial charge in [-0.3, -0.25) is 14.6 Å². The molecular weight excluding hydrogens is 425 g/mol. The van der Waals surface area contributed by atoms with Crippen molar-refractivity contribution in [3.8, 4) is 17.0 Å². The van der Waals surface area contributed by atoms with Crippen molar-refractivity contribution >= 4 is 23.1 Å². The molecule has 0 unspecified atom stereocenters. The summed E-state index contributed by atoms with van der Waals surface area (Å²) in [6.45, 7) is -0.0254. The van der Waals surface area contributed by atoms with Crippen molar-refractivity contribution in [2.75, 3.05) is 18.5 Å². The van der Waals surface area contributed by atoms with Crippen LogP contribution in [0.5, 0.6) is 5.75 Å². The van der Waals surface area contributed by atoms with Crippen LogP contribution in [-0.2, 0) is 11.3 Å². The van der Waals surface area contributed by atoms with Gasteiger partial charge in [0.1, 0.15) is 5.75 Å². The van der Waals surface area contributed by atoms with Gasteiger partial charge in [0.2, 0.25) is 5.91 Å². The minimum Gasteiger partial charge on any atom is -0.482 e. The molecule has 7 nitrogen and oxygen atoms in total. The topological polar surface area (TPSA) is 87.3 Å². The number of aromatic nitrogens is 2. The first-order valence-electron chi connectivity index (χ1n) is 9.72. The van der Waals surface area contributed by atoms with Crippen molar-refractivity contribution < 1.29 is 27.5 Å². The predicted octanol–water partition coefficient (Wildman–Crippen LogP) is 4.31. The summed E-state index contributed by atoms with van der Waals surface area (Å²) < 4.78 is 43.2. The fourth-order valence-electron chi connectivity index (χ4n) is 3.55. The Morgan fingerprint density at radius 2 is 1.97 bits per heavy atom. The van der Waals surface area contributed by atoms with Gasteiger partial charge in [0, 0.05) is 30.1 Å². The SMILES string of the molecule is CC(=O)N1CC(=O)c2c([nH]c(-c3ccncc3OCC(F)(F)F)c2Nc2ccccc2)C1. The summed E-state index contributed by atoms with van der Waals surface area (Å²) in [4.78, 5) is 33.2. The summed E-state index contributed by atoms with van der Waals surface area (Å²) in [5.74, 6) is -0.625. The van der Waals surface area contributed by atoms with E-state index in [-0.39, 0.29) is 30.5 Å². The molecule has 1 amide bonds. The first-order valence-corrected chi connectivity index (χ1v) is 9.72. The van der Waals surface area contributed by atoms with Crippen LogP contribution in [0.25, 0.3) is 11.3 Å². The molecule has 0 radical (unpaired) electrons. The number of carbonyl (C=O) groups is 2. The molecule has 2 aromatic heterocycles. The van der Waals surface area contributed by atoms with Crippen molar-refractivity contribution in [2.45, 2.75) is 19.6 Å². The van der Waals surface area contributed by atoms with Gasteiger partial charge in [0.15, 0.2) is 12.4 Å². The Balaban J connectivity index is 1.83. The number of anilines is 2. The Morgan fingerprint density at radius 3 is 2.66 bits per heavy atom. The van der Waals surface area contributed by atoms with Crippen LogP contribution in [0.3, 0.4) is 0 Å². The molecule has 1 aliphatic rings. The highest BCUT2D eigenvalue weighted by Crippen LogP contribution is 2.41. The van der Waals surface area contributed by atoms with Crippen molar-refractivity contribution in [3.63, 3.8) is 0 Å². The van der Waals surface area contributed by atoms with Gasteiger partial charge < -0.3 is 19.9 Å². The number of ether oxygens (including phenoxy) is 1. The van der Waals surface area contributed by atoms with Crippen LogP contribution in [-0.4, -0.2) is 45.9 Å². The van der Waals surface area contributed by atoms with E-state index in [2.05, 4.69) is 15.3 Å². The normalized spacial score (nSPS) is 13.6. The van der Waals surface area contributed by atoms with Crippen LogP contribution in [0.1, 0.15) is 23.0 Å². The molecule has 10 heteroatoms. The van der Waals surface area contributed by atoms with Gasteiger partial charge in [0.25, 0.3) is 0 Å². The van der Waals surface area contributed by atoms with Gasteiger partial charge in [-0.2, -0.15) is 13.2 Å². The van der Waals surface area contributed by atoms with E-state index in [9.17, 15) is 22.8 Å². The number of fused-ring (bicyclic) bond motifs is 1. The lowest BCUT2D eigenvalue weighted by molar-refractivity contribution is -0.153. The molecule has 2 N–H and O–H groups in total. The van der Waals surface area contributed by atoms with E-state index < -0.39 is 12.8 Å². The van der Waals surface area contributed by atoms with Crippen molar-refractivity contribution in [3.05, 3.63) is 60.0 Å². The molecule has 1 aliphatic heterocycles. The number of para-hydroxylation sites is 1. The molecule has 0 bridgehead atoms. The Morgan fingerprint density at radius 1 is 1.22 bits per heavy atom. The Kier molecular flexibility index (Phi) is 5.60. The van der Waals surface area contributed by atoms with Gasteiger partial charge in [0.05, 0.1) is 36.2 Å². The zero-order valence-corrected chi connectivity index (χ0v) is 17.0. The van der Waals surface area contributed by atoms with E-state index in [1.807, 2.05) is 18.2 Å². The monoisotopic (exact) mass is 444 g/mol. The maximum Gasteiger partial charge on any atom is 0.422 e. The Labute approximate surface area is 181 Å². The van der Waals surface area contributed by atoms with Gasteiger partial charge in [-0.25, -0.2) is 0 Å². The number of benzene rings is 1. The average molecular weight is 444 g/mol. The smallest absolute Gasteiger partial charge is 0.422 e. The largest absolute Gasteiger partial charge is 0.482 e. The summed E-state index contributed by atoms with van der Waals surface area (Å²) in [6.07, 6.45) is -1.91. The van der Waals surface area contributed by atoms with E-state index in [1.54, 1.807) is 12.1 Å². The number of hydrogen-bond acceptors (Lipinski definition) is 5. The number of H-pyrrole nitrogens is 1. The molecule has 166 valence electrons. The minimum atomic E-state index is -4.52. The molecule has 32 heavy (non-hydrogen) atoms. The van der Waals surface area contributed by atoms with E-state index >= 15 is 0 Å². The quantitative estimate of drug-likeness (QED) is 0.613. The van der Waals surface area contributed by atoms with Crippen LogP contribution < -0.4 is 10.1 Å². The molecule has 3 aromatic rings. The summed E-state index contributed by atoms with van der Waals surface area (Å²) in [7, 11) is 0. The number of amides is 1. The lowest BCUT2D eigenvalue weighted by Gasteiger charge is -2.25. The number of rotatable bonds is 5. The van der Waals surface area contributed by atoms with Crippen LogP contribution in [0, 0.1) is 0 Å². The first kappa shape index (κ1) is 21.4. The number of pyridine rings is 1. The van der Waals surface area contributed by atoms with E-state index in [0.717, 1.165) is 0 Å². The summed E-state index contributed by atoms with van der Waals surface area (Å²) in [5, 5.41) is 3.20. The van der Waals surface area contributed by atoms with Crippen molar-refractivity contribution in [2.24, 2.45) is 0 Å². The molecule has 0 spiro atoms. The maximum absolute atomic E-state index is 13.0. The summed E-state index contributed by atoms with van der Waals surface area (Å²) in [5.41, 5.74) is 2.62. The fourth-order valence-corrected chi connectivity index (χ4v) is 3.55. The van der Waals surface area contributed by atoms with Crippen LogP contribution in [0.15, 0.2) is 48.8 Å². The second-order valence-electron chi connectivity index (χ2n) is 7.29. The number of nitrogens with zero attached hydrogens (tertiary/aromatic N) is 2. The number of Topliss-reactive ketones (excluding diaryl/α,β-unsaturated/α-hetero) is 1. The second kappa shape index (κ2) is 8.37. The van der Waals surface area contributed by atoms with Crippen LogP contribution in [0.4, 0.5) is 24.5 Å². The zero-order valence-electron chi connectivity index (χ0n) is 17.0. The second-order valence-corrected chi connectivity index (χ2v) is 7.29. The van der Waals surface area contributed by atoms with Crippen molar-refractivity contribution in [1.29, 1.82) is 0 Å². The molecule has 0 saturated heterocycles. The summed E-state index contributed by atoms with van der Waals surface area (Å²) >= 11 is 0. The number of carbonyl (C=O) groups excluding carboxylic acids is 2. The average Bonchev–Trinajstić information content (AvgIpc) is 3.11. The molecule has 0 fully saturated rings.